The lowest BCUT2D eigenvalue weighted by atomic mass is 10.0. The third kappa shape index (κ3) is 3.38. The molecule has 0 aliphatic carbocycles. The maximum Gasteiger partial charge on any atom is 0.275 e. The third-order valence-corrected chi connectivity index (χ3v) is 5.94. The molecule has 3 heterocycles. The second kappa shape index (κ2) is 7.85. The number of likely N-dealkylation sites (N-methyl/N-ethyl adjacent to an activating group) is 1. The topological polar surface area (TPSA) is 91.5 Å². The van der Waals surface area contributed by atoms with E-state index in [-0.39, 0.29) is 18.4 Å². The summed E-state index contributed by atoms with van der Waals surface area (Å²) in [6, 6.07) is 16.1. The van der Waals surface area contributed by atoms with Gasteiger partial charge in [0.1, 0.15) is 18.4 Å². The number of anilines is 1. The zero-order chi connectivity index (χ0) is 22.2. The number of ether oxygens (including phenoxy) is 1. The van der Waals surface area contributed by atoms with Crippen LogP contribution in [-0.4, -0.2) is 52.7 Å². The van der Waals surface area contributed by atoms with E-state index in [1.807, 2.05) is 48.7 Å². The third-order valence-electron chi connectivity index (χ3n) is 5.94. The SMILES string of the molecule is CN1C(=O)[C@@H](N2CCc3cn(Cc4cccc(C#N)c4)nc3C2=O)COc2ccccc21. The Labute approximate surface area is 185 Å². The van der Waals surface area contributed by atoms with Gasteiger partial charge in [-0.1, -0.05) is 24.3 Å². The van der Waals surface area contributed by atoms with E-state index in [2.05, 4.69) is 11.2 Å². The maximum atomic E-state index is 13.3. The Hall–Kier alpha value is -4.12. The molecule has 8 nitrogen and oxygen atoms in total. The molecule has 1 aromatic heterocycles. The highest BCUT2D eigenvalue weighted by molar-refractivity contribution is 6.03. The number of carbonyl (C=O) groups is 2. The average Bonchev–Trinajstić information content (AvgIpc) is 3.18. The van der Waals surface area contributed by atoms with Gasteiger partial charge in [-0.05, 0) is 36.2 Å². The summed E-state index contributed by atoms with van der Waals surface area (Å²) in [4.78, 5) is 29.6. The molecule has 2 amide bonds. The highest BCUT2D eigenvalue weighted by Crippen LogP contribution is 2.32. The Morgan fingerprint density at radius 2 is 2.03 bits per heavy atom. The highest BCUT2D eigenvalue weighted by Gasteiger charge is 2.39. The minimum absolute atomic E-state index is 0.100. The Bertz CT molecular complexity index is 1260. The van der Waals surface area contributed by atoms with Crippen LogP contribution in [0.3, 0.4) is 0 Å². The number of nitriles is 1. The number of hydrogen-bond donors (Lipinski definition) is 0. The number of rotatable bonds is 3. The van der Waals surface area contributed by atoms with E-state index >= 15 is 0 Å². The Morgan fingerprint density at radius 1 is 1.19 bits per heavy atom. The van der Waals surface area contributed by atoms with Crippen molar-refractivity contribution in [3.8, 4) is 11.8 Å². The van der Waals surface area contributed by atoms with Gasteiger partial charge in [0.15, 0.2) is 5.69 Å². The molecule has 2 aliphatic heterocycles. The normalized spacial score (nSPS) is 17.8. The molecule has 0 N–H and O–H groups in total. The molecule has 3 aromatic rings. The maximum absolute atomic E-state index is 13.3. The summed E-state index contributed by atoms with van der Waals surface area (Å²) in [6.07, 6.45) is 2.48. The molecule has 0 unspecified atom stereocenters. The van der Waals surface area contributed by atoms with Crippen LogP contribution in [0.2, 0.25) is 0 Å². The number of para-hydroxylation sites is 2. The van der Waals surface area contributed by atoms with Crippen LogP contribution in [0.25, 0.3) is 0 Å². The second-order valence-corrected chi connectivity index (χ2v) is 7.95. The summed E-state index contributed by atoms with van der Waals surface area (Å²) >= 11 is 0. The average molecular weight is 427 g/mol. The first-order valence-corrected chi connectivity index (χ1v) is 10.4. The zero-order valence-electron chi connectivity index (χ0n) is 17.6. The predicted molar refractivity (Wildman–Crippen MR) is 116 cm³/mol. The minimum Gasteiger partial charge on any atom is -0.489 e. The van der Waals surface area contributed by atoms with Gasteiger partial charge in [-0.3, -0.25) is 14.3 Å². The van der Waals surface area contributed by atoms with Gasteiger partial charge in [0.05, 0.1) is 23.9 Å². The van der Waals surface area contributed by atoms with Crippen molar-refractivity contribution in [1.29, 1.82) is 5.26 Å². The van der Waals surface area contributed by atoms with E-state index in [1.165, 1.54) is 0 Å². The lowest BCUT2D eigenvalue weighted by molar-refractivity contribution is -0.123. The Morgan fingerprint density at radius 3 is 2.88 bits per heavy atom. The van der Waals surface area contributed by atoms with E-state index in [0.717, 1.165) is 11.1 Å². The van der Waals surface area contributed by atoms with Gasteiger partial charge in [0.2, 0.25) is 0 Å². The van der Waals surface area contributed by atoms with Crippen LogP contribution in [0.1, 0.15) is 27.2 Å². The zero-order valence-corrected chi connectivity index (χ0v) is 17.6. The molecule has 0 fully saturated rings. The number of nitrogens with zero attached hydrogens (tertiary/aromatic N) is 5. The van der Waals surface area contributed by atoms with E-state index in [0.29, 0.717) is 42.2 Å². The van der Waals surface area contributed by atoms with Crippen molar-refractivity contribution in [1.82, 2.24) is 14.7 Å². The van der Waals surface area contributed by atoms with Crippen molar-refractivity contribution < 1.29 is 14.3 Å². The van der Waals surface area contributed by atoms with Gasteiger partial charge >= 0.3 is 0 Å². The molecular weight excluding hydrogens is 406 g/mol. The molecule has 0 radical (unpaired) electrons. The summed E-state index contributed by atoms with van der Waals surface area (Å²) in [5.41, 5.74) is 3.43. The van der Waals surface area contributed by atoms with Crippen molar-refractivity contribution >= 4 is 17.5 Å². The van der Waals surface area contributed by atoms with E-state index < -0.39 is 6.04 Å². The molecule has 0 saturated heterocycles. The summed E-state index contributed by atoms with van der Waals surface area (Å²) in [6.45, 7) is 0.980. The van der Waals surface area contributed by atoms with Gasteiger partial charge in [0, 0.05) is 25.4 Å². The molecule has 5 rings (SSSR count). The predicted octanol–water partition coefficient (Wildman–Crippen LogP) is 2.23. The van der Waals surface area contributed by atoms with Crippen molar-refractivity contribution in [2.24, 2.45) is 0 Å². The summed E-state index contributed by atoms with van der Waals surface area (Å²) in [7, 11) is 1.70. The molecule has 0 spiro atoms. The van der Waals surface area contributed by atoms with Crippen LogP contribution in [0, 0.1) is 11.3 Å². The second-order valence-electron chi connectivity index (χ2n) is 7.95. The molecular formula is C24H21N5O3. The van der Waals surface area contributed by atoms with Gasteiger partial charge < -0.3 is 14.5 Å². The first-order valence-electron chi connectivity index (χ1n) is 10.4. The number of aromatic nitrogens is 2. The van der Waals surface area contributed by atoms with Gasteiger partial charge in [-0.15, -0.1) is 0 Å². The van der Waals surface area contributed by atoms with Gasteiger partial charge in [-0.25, -0.2) is 0 Å². The van der Waals surface area contributed by atoms with Crippen LogP contribution in [0.4, 0.5) is 5.69 Å². The van der Waals surface area contributed by atoms with Crippen molar-refractivity contribution in [2.45, 2.75) is 19.0 Å². The Balaban J connectivity index is 1.38. The van der Waals surface area contributed by atoms with Crippen molar-refractivity contribution in [3.63, 3.8) is 0 Å². The Kier molecular flexibility index (Phi) is 4.86. The molecule has 1 atom stereocenters. The number of carbonyl (C=O) groups excluding carboxylic acids is 2. The van der Waals surface area contributed by atoms with Crippen LogP contribution < -0.4 is 9.64 Å². The largest absolute Gasteiger partial charge is 0.489 e. The van der Waals surface area contributed by atoms with E-state index in [9.17, 15) is 9.59 Å². The fourth-order valence-electron chi connectivity index (χ4n) is 4.27. The first-order chi connectivity index (χ1) is 15.5. The molecule has 2 aromatic carbocycles. The summed E-state index contributed by atoms with van der Waals surface area (Å²) in [5.74, 6) is 0.177. The quantitative estimate of drug-likeness (QED) is 0.639. The van der Waals surface area contributed by atoms with E-state index in [4.69, 9.17) is 10.00 Å². The van der Waals surface area contributed by atoms with Crippen LogP contribution in [-0.2, 0) is 17.8 Å². The van der Waals surface area contributed by atoms with Crippen molar-refractivity contribution in [2.75, 3.05) is 25.1 Å². The van der Waals surface area contributed by atoms with E-state index in [1.54, 1.807) is 27.6 Å². The van der Waals surface area contributed by atoms with Gasteiger partial charge in [-0.2, -0.15) is 10.4 Å². The number of hydrogen-bond acceptors (Lipinski definition) is 5. The molecule has 160 valence electrons. The first kappa shape index (κ1) is 19.8. The molecule has 8 heteroatoms. The lowest BCUT2D eigenvalue weighted by Crippen LogP contribution is -2.54. The molecule has 0 saturated carbocycles. The van der Waals surface area contributed by atoms with Crippen LogP contribution in [0.5, 0.6) is 5.75 Å². The monoisotopic (exact) mass is 427 g/mol. The number of amides is 2. The highest BCUT2D eigenvalue weighted by atomic mass is 16.5. The fraction of sp³-hybridized carbons (Fsp3) is 0.250. The van der Waals surface area contributed by atoms with Crippen molar-refractivity contribution in [3.05, 3.63) is 77.1 Å². The fourth-order valence-corrected chi connectivity index (χ4v) is 4.27. The number of benzene rings is 2. The van der Waals surface area contributed by atoms with Crippen LogP contribution >= 0.6 is 0 Å². The standard InChI is InChI=1S/C24H21N5O3/c1-27-19-7-2-3-8-21(19)32-15-20(23(27)30)29-10-9-18-14-28(26-22(18)24(29)31)13-17-6-4-5-16(11-17)12-25/h2-8,11,14,20H,9-10,13,15H2,1H3/t20-/m0/s1. The molecule has 0 bridgehead atoms. The molecule has 2 aliphatic rings. The minimum atomic E-state index is -0.717. The summed E-state index contributed by atoms with van der Waals surface area (Å²) < 4.78 is 7.61. The summed E-state index contributed by atoms with van der Waals surface area (Å²) in [5, 5.41) is 13.6. The molecule has 32 heavy (non-hydrogen) atoms. The number of fused-ring (bicyclic) bond motifs is 2. The smallest absolute Gasteiger partial charge is 0.275 e. The lowest BCUT2D eigenvalue weighted by Gasteiger charge is -2.33. The van der Waals surface area contributed by atoms with Crippen LogP contribution in [0.15, 0.2) is 54.7 Å². The van der Waals surface area contributed by atoms with Gasteiger partial charge in [0.25, 0.3) is 11.8 Å².